The molecular weight excluding hydrogens is 630 g/mol. The van der Waals surface area contributed by atoms with E-state index in [4.69, 9.17) is 9.47 Å². The van der Waals surface area contributed by atoms with Gasteiger partial charge in [-0.2, -0.15) is 0 Å². The lowest BCUT2D eigenvalue weighted by atomic mass is 10.2. The topological polar surface area (TPSA) is 68.2 Å². The van der Waals surface area contributed by atoms with Crippen molar-refractivity contribution in [2.75, 3.05) is 20.8 Å². The molecular formula is C21H18I2N2O4S. The number of thioether (sulfide) groups is 1. The van der Waals surface area contributed by atoms with E-state index in [1.165, 1.54) is 16.7 Å². The predicted octanol–water partition coefficient (Wildman–Crippen LogP) is 5.31. The van der Waals surface area contributed by atoms with E-state index < -0.39 is 0 Å². The highest BCUT2D eigenvalue weighted by Crippen LogP contribution is 2.36. The number of carbonyl (C=O) groups excluding carboxylic acids is 2. The van der Waals surface area contributed by atoms with Crippen molar-refractivity contribution < 1.29 is 19.1 Å². The quantitative estimate of drug-likeness (QED) is 0.250. The average molecular weight is 648 g/mol. The number of carbonyl (C=O) groups is 2. The molecule has 3 rings (SSSR count). The molecule has 0 saturated carbocycles. The highest BCUT2D eigenvalue weighted by Gasteiger charge is 2.30. The number of rotatable bonds is 5. The number of hydrogen-bond donors (Lipinski definition) is 0. The third-order valence-corrected chi connectivity index (χ3v) is 6.62. The molecule has 0 radical (unpaired) electrons. The summed E-state index contributed by atoms with van der Waals surface area (Å²) in [6, 6.07) is 10.8. The standard InChI is InChI=1S/C21H18I2N2O4S/c1-4-29-20(27)12-5-7-15(8-6-12)24-21-25(2)19(26)17(30-21)10-13-9-14(22)11-16(23)18(13)28-3/h5-11H,4H2,1-3H3. The second-order valence-corrected chi connectivity index (χ2v) is 9.56. The second kappa shape index (κ2) is 10.1. The van der Waals surface area contributed by atoms with Crippen molar-refractivity contribution in [1.29, 1.82) is 0 Å². The molecule has 0 bridgehead atoms. The van der Waals surface area contributed by atoms with E-state index in [1.807, 2.05) is 18.2 Å². The van der Waals surface area contributed by atoms with Crippen LogP contribution in [0.25, 0.3) is 6.08 Å². The van der Waals surface area contributed by atoms with Crippen molar-refractivity contribution in [2.24, 2.45) is 4.99 Å². The first-order chi connectivity index (χ1) is 14.3. The zero-order valence-electron chi connectivity index (χ0n) is 16.4. The fourth-order valence-electron chi connectivity index (χ4n) is 2.69. The van der Waals surface area contributed by atoms with Crippen LogP contribution in [0.3, 0.4) is 0 Å². The lowest BCUT2D eigenvalue weighted by molar-refractivity contribution is -0.121. The minimum Gasteiger partial charge on any atom is -0.495 e. The molecule has 0 aliphatic carbocycles. The molecule has 156 valence electrons. The van der Waals surface area contributed by atoms with Gasteiger partial charge in [-0.3, -0.25) is 9.69 Å². The predicted molar refractivity (Wildman–Crippen MR) is 136 cm³/mol. The number of amidine groups is 1. The van der Waals surface area contributed by atoms with Gasteiger partial charge in [0, 0.05) is 16.2 Å². The Hall–Kier alpha value is -1.60. The number of esters is 1. The first-order valence-electron chi connectivity index (χ1n) is 8.90. The monoisotopic (exact) mass is 648 g/mol. The maximum absolute atomic E-state index is 12.7. The summed E-state index contributed by atoms with van der Waals surface area (Å²) in [7, 11) is 3.31. The summed E-state index contributed by atoms with van der Waals surface area (Å²) in [5.74, 6) is 0.239. The normalized spacial score (nSPS) is 16.4. The Balaban J connectivity index is 1.88. The molecule has 1 amide bonds. The molecule has 9 heteroatoms. The van der Waals surface area contributed by atoms with Crippen molar-refractivity contribution >= 4 is 85.8 Å². The van der Waals surface area contributed by atoms with Gasteiger partial charge in [0.25, 0.3) is 5.91 Å². The summed E-state index contributed by atoms with van der Waals surface area (Å²) in [4.78, 5) is 31.2. The van der Waals surface area contributed by atoms with Crippen molar-refractivity contribution in [1.82, 2.24) is 4.90 Å². The van der Waals surface area contributed by atoms with Gasteiger partial charge < -0.3 is 9.47 Å². The van der Waals surface area contributed by atoms with E-state index >= 15 is 0 Å². The van der Waals surface area contributed by atoms with Crippen LogP contribution < -0.4 is 4.74 Å². The molecule has 2 aromatic carbocycles. The van der Waals surface area contributed by atoms with Crippen LogP contribution in [-0.2, 0) is 9.53 Å². The summed E-state index contributed by atoms with van der Waals surface area (Å²) >= 11 is 5.77. The molecule has 1 fully saturated rings. The van der Waals surface area contributed by atoms with Gasteiger partial charge in [0.15, 0.2) is 5.17 Å². The average Bonchev–Trinajstić information content (AvgIpc) is 2.96. The Labute approximate surface area is 206 Å². The molecule has 6 nitrogen and oxygen atoms in total. The number of halogens is 2. The number of likely N-dealkylation sites (N-methyl/N-ethyl adjacent to an activating group) is 1. The Morgan fingerprint density at radius 2 is 1.93 bits per heavy atom. The van der Waals surface area contributed by atoms with Crippen LogP contribution in [0.15, 0.2) is 46.3 Å². The number of ether oxygens (including phenoxy) is 2. The van der Waals surface area contributed by atoms with Crippen molar-refractivity contribution in [3.63, 3.8) is 0 Å². The molecule has 1 aliphatic heterocycles. The fraction of sp³-hybridized carbons (Fsp3) is 0.190. The SMILES string of the molecule is CCOC(=O)c1ccc(N=C2SC(=Cc3cc(I)cc(I)c3OC)C(=O)N2C)cc1. The molecule has 0 aromatic heterocycles. The number of aliphatic imine (C=N–C) groups is 1. The van der Waals surface area contributed by atoms with E-state index in [0.717, 1.165) is 18.5 Å². The summed E-state index contributed by atoms with van der Waals surface area (Å²) < 4.78 is 12.5. The van der Waals surface area contributed by atoms with Crippen LogP contribution in [0.4, 0.5) is 5.69 Å². The smallest absolute Gasteiger partial charge is 0.338 e. The summed E-state index contributed by atoms with van der Waals surface area (Å²) in [5, 5.41) is 0.564. The Morgan fingerprint density at radius 1 is 1.23 bits per heavy atom. The highest BCUT2D eigenvalue weighted by molar-refractivity contribution is 14.1. The van der Waals surface area contributed by atoms with Crippen LogP contribution in [0.1, 0.15) is 22.8 Å². The molecule has 30 heavy (non-hydrogen) atoms. The van der Waals surface area contributed by atoms with Gasteiger partial charge >= 0.3 is 5.97 Å². The first kappa shape index (κ1) is 23.1. The minimum absolute atomic E-state index is 0.127. The first-order valence-corrected chi connectivity index (χ1v) is 11.9. The summed E-state index contributed by atoms with van der Waals surface area (Å²) in [5.41, 5.74) is 1.95. The van der Waals surface area contributed by atoms with Gasteiger partial charge in [-0.15, -0.1) is 0 Å². The Kier molecular flexibility index (Phi) is 7.80. The van der Waals surface area contributed by atoms with Crippen LogP contribution in [0.2, 0.25) is 0 Å². The molecule has 0 atom stereocenters. The van der Waals surface area contributed by atoms with Gasteiger partial charge in [-0.05, 0) is 106 Å². The van der Waals surface area contributed by atoms with Gasteiger partial charge in [0.2, 0.25) is 0 Å². The van der Waals surface area contributed by atoms with Gasteiger partial charge in [0.1, 0.15) is 5.75 Å². The molecule has 2 aromatic rings. The molecule has 1 aliphatic rings. The van der Waals surface area contributed by atoms with E-state index in [0.29, 0.717) is 27.9 Å². The van der Waals surface area contributed by atoms with E-state index in [-0.39, 0.29) is 11.9 Å². The van der Waals surface area contributed by atoms with E-state index in [9.17, 15) is 9.59 Å². The number of hydrogen-bond acceptors (Lipinski definition) is 6. The van der Waals surface area contributed by atoms with Crippen LogP contribution >= 0.6 is 56.9 Å². The largest absolute Gasteiger partial charge is 0.495 e. The highest BCUT2D eigenvalue weighted by atomic mass is 127. The van der Waals surface area contributed by atoms with E-state index in [2.05, 4.69) is 50.2 Å². The Bertz CT molecular complexity index is 1050. The molecule has 0 spiro atoms. The molecule has 0 N–H and O–H groups in total. The third-order valence-electron chi connectivity index (χ3n) is 4.13. The zero-order chi connectivity index (χ0) is 21.8. The van der Waals surface area contributed by atoms with Gasteiger partial charge in [-0.25, -0.2) is 9.79 Å². The van der Waals surface area contributed by atoms with Crippen LogP contribution in [-0.4, -0.2) is 42.7 Å². The zero-order valence-corrected chi connectivity index (χ0v) is 21.6. The van der Waals surface area contributed by atoms with Gasteiger partial charge in [0.05, 0.1) is 33.4 Å². The molecule has 0 unspecified atom stereocenters. The number of benzene rings is 2. The minimum atomic E-state index is -0.370. The van der Waals surface area contributed by atoms with Crippen molar-refractivity contribution in [3.8, 4) is 5.75 Å². The molecule has 1 saturated heterocycles. The van der Waals surface area contributed by atoms with Crippen molar-refractivity contribution in [3.05, 3.63) is 59.6 Å². The van der Waals surface area contributed by atoms with Crippen LogP contribution in [0, 0.1) is 7.14 Å². The Morgan fingerprint density at radius 3 is 2.57 bits per heavy atom. The third kappa shape index (κ3) is 5.17. The maximum Gasteiger partial charge on any atom is 0.338 e. The van der Waals surface area contributed by atoms with Crippen LogP contribution in [0.5, 0.6) is 5.75 Å². The maximum atomic E-state index is 12.7. The number of nitrogens with zero attached hydrogens (tertiary/aromatic N) is 2. The second-order valence-electron chi connectivity index (χ2n) is 6.15. The number of methoxy groups -OCH3 is 1. The summed E-state index contributed by atoms with van der Waals surface area (Å²) in [6.07, 6.45) is 1.83. The van der Waals surface area contributed by atoms with Gasteiger partial charge in [-0.1, -0.05) is 0 Å². The number of amides is 1. The summed E-state index contributed by atoms with van der Waals surface area (Å²) in [6.45, 7) is 2.09. The van der Waals surface area contributed by atoms with Crippen molar-refractivity contribution in [2.45, 2.75) is 6.92 Å². The lowest BCUT2D eigenvalue weighted by Crippen LogP contribution is -2.23. The fourth-order valence-corrected chi connectivity index (χ4v) is 5.78. The van der Waals surface area contributed by atoms with E-state index in [1.54, 1.807) is 45.3 Å². The lowest BCUT2D eigenvalue weighted by Gasteiger charge is -2.09. The molecule has 1 heterocycles.